The Kier molecular flexibility index (Phi) is 5.74. The summed E-state index contributed by atoms with van der Waals surface area (Å²) in [7, 11) is 0. The van der Waals surface area contributed by atoms with Crippen molar-refractivity contribution in [3.05, 3.63) is 40.0 Å². The molecule has 0 spiro atoms. The smallest absolute Gasteiger partial charge is 0.162 e. The lowest BCUT2D eigenvalue weighted by Gasteiger charge is -2.13. The fourth-order valence-electron chi connectivity index (χ4n) is 2.20. The Morgan fingerprint density at radius 2 is 1.86 bits per heavy atom. The maximum Gasteiger partial charge on any atom is 0.162 e. The fraction of sp³-hybridized carbons (Fsp3) is 0.412. The van der Waals surface area contributed by atoms with Gasteiger partial charge >= 0.3 is 0 Å². The maximum absolute atomic E-state index is 4.76. The van der Waals surface area contributed by atoms with E-state index in [0.717, 1.165) is 53.2 Å². The minimum atomic E-state index is 0.804. The molecule has 112 valence electrons. The van der Waals surface area contributed by atoms with E-state index in [1.54, 1.807) is 0 Å². The molecular formula is C17H22BrN3. The number of rotatable bonds is 6. The van der Waals surface area contributed by atoms with Crippen molar-refractivity contribution >= 4 is 21.7 Å². The molecule has 0 fully saturated rings. The Morgan fingerprint density at radius 1 is 1.10 bits per heavy atom. The summed E-state index contributed by atoms with van der Waals surface area (Å²) in [5.41, 5.74) is 3.37. The van der Waals surface area contributed by atoms with Gasteiger partial charge in [-0.05, 0) is 41.3 Å². The van der Waals surface area contributed by atoms with Crippen LogP contribution < -0.4 is 5.32 Å². The van der Waals surface area contributed by atoms with Crippen LogP contribution in [0.2, 0.25) is 0 Å². The molecule has 1 N–H and O–H groups in total. The topological polar surface area (TPSA) is 37.8 Å². The van der Waals surface area contributed by atoms with Crippen LogP contribution in [0.4, 0.5) is 5.82 Å². The lowest BCUT2D eigenvalue weighted by molar-refractivity contribution is 0.864. The summed E-state index contributed by atoms with van der Waals surface area (Å²) in [6.07, 6.45) is 3.08. The van der Waals surface area contributed by atoms with E-state index in [1.807, 2.05) is 12.1 Å². The minimum Gasteiger partial charge on any atom is -0.369 e. The number of hydrogen-bond acceptors (Lipinski definition) is 3. The van der Waals surface area contributed by atoms with E-state index in [4.69, 9.17) is 9.97 Å². The summed E-state index contributed by atoms with van der Waals surface area (Å²) in [6, 6.07) is 8.25. The second kappa shape index (κ2) is 7.55. The summed E-state index contributed by atoms with van der Waals surface area (Å²) < 4.78 is 0.995. The third-order valence-corrected chi connectivity index (χ3v) is 4.17. The van der Waals surface area contributed by atoms with Crippen molar-refractivity contribution in [1.82, 2.24) is 9.97 Å². The van der Waals surface area contributed by atoms with E-state index in [-0.39, 0.29) is 0 Å². The van der Waals surface area contributed by atoms with Gasteiger partial charge in [0.25, 0.3) is 0 Å². The molecule has 0 aliphatic heterocycles. The molecule has 0 saturated carbocycles. The van der Waals surface area contributed by atoms with Crippen molar-refractivity contribution in [1.29, 1.82) is 0 Å². The predicted molar refractivity (Wildman–Crippen MR) is 92.7 cm³/mol. The summed E-state index contributed by atoms with van der Waals surface area (Å²) in [6.45, 7) is 7.33. The third kappa shape index (κ3) is 3.82. The van der Waals surface area contributed by atoms with Gasteiger partial charge in [0.1, 0.15) is 5.82 Å². The first-order valence-corrected chi connectivity index (χ1v) is 8.33. The largest absolute Gasteiger partial charge is 0.369 e. The lowest BCUT2D eigenvalue weighted by atomic mass is 10.1. The number of benzene rings is 1. The highest BCUT2D eigenvalue weighted by Gasteiger charge is 2.13. The summed E-state index contributed by atoms with van der Waals surface area (Å²) in [4.78, 5) is 9.48. The zero-order valence-electron chi connectivity index (χ0n) is 12.9. The molecule has 2 rings (SSSR count). The van der Waals surface area contributed by atoms with E-state index in [9.17, 15) is 0 Å². The molecule has 1 aromatic heterocycles. The average molecular weight is 348 g/mol. The SMILES string of the molecule is CCCNc1nc(-c2ccccc2C)nc(CCC)c1Br. The van der Waals surface area contributed by atoms with Gasteiger partial charge < -0.3 is 5.32 Å². The zero-order valence-corrected chi connectivity index (χ0v) is 14.5. The van der Waals surface area contributed by atoms with E-state index >= 15 is 0 Å². The molecular weight excluding hydrogens is 326 g/mol. The van der Waals surface area contributed by atoms with Gasteiger partial charge in [0.2, 0.25) is 0 Å². The van der Waals surface area contributed by atoms with E-state index in [1.165, 1.54) is 5.56 Å². The third-order valence-electron chi connectivity index (χ3n) is 3.34. The van der Waals surface area contributed by atoms with Crippen LogP contribution in [-0.2, 0) is 6.42 Å². The maximum atomic E-state index is 4.76. The summed E-state index contributed by atoms with van der Waals surface area (Å²) >= 11 is 3.65. The van der Waals surface area contributed by atoms with Crippen LogP contribution in [0.3, 0.4) is 0 Å². The highest BCUT2D eigenvalue weighted by Crippen LogP contribution is 2.29. The Labute approximate surface area is 135 Å². The van der Waals surface area contributed by atoms with Crippen molar-refractivity contribution < 1.29 is 0 Å². The number of aromatic nitrogens is 2. The van der Waals surface area contributed by atoms with Gasteiger partial charge in [-0.25, -0.2) is 9.97 Å². The van der Waals surface area contributed by atoms with Crippen molar-refractivity contribution in [3.63, 3.8) is 0 Å². The van der Waals surface area contributed by atoms with E-state index in [2.05, 4.69) is 54.2 Å². The van der Waals surface area contributed by atoms with Crippen LogP contribution in [0, 0.1) is 6.92 Å². The van der Waals surface area contributed by atoms with Crippen LogP contribution >= 0.6 is 15.9 Å². The monoisotopic (exact) mass is 347 g/mol. The molecule has 0 saturated heterocycles. The molecule has 3 nitrogen and oxygen atoms in total. The van der Waals surface area contributed by atoms with Crippen molar-refractivity contribution in [2.45, 2.75) is 40.0 Å². The van der Waals surface area contributed by atoms with E-state index < -0.39 is 0 Å². The van der Waals surface area contributed by atoms with Crippen molar-refractivity contribution in [2.75, 3.05) is 11.9 Å². The second-order valence-corrected chi connectivity index (χ2v) is 5.94. The number of aryl methyl sites for hydroxylation is 2. The molecule has 0 aliphatic carbocycles. The number of hydrogen-bond donors (Lipinski definition) is 1. The van der Waals surface area contributed by atoms with Gasteiger partial charge in [0, 0.05) is 12.1 Å². The average Bonchev–Trinajstić information content (AvgIpc) is 2.49. The molecule has 0 bridgehead atoms. The number of halogens is 1. The van der Waals surface area contributed by atoms with Gasteiger partial charge in [0.05, 0.1) is 10.2 Å². The van der Waals surface area contributed by atoms with Crippen molar-refractivity contribution in [2.24, 2.45) is 0 Å². The second-order valence-electron chi connectivity index (χ2n) is 5.15. The standard InChI is InChI=1S/C17H22BrN3/c1-4-8-14-15(18)17(19-11-5-2)21-16(20-14)13-10-7-6-9-12(13)3/h6-7,9-10H,4-5,8,11H2,1-3H3,(H,19,20,21). The van der Waals surface area contributed by atoms with Gasteiger partial charge in [-0.3, -0.25) is 0 Å². The molecule has 0 atom stereocenters. The zero-order chi connectivity index (χ0) is 15.2. The van der Waals surface area contributed by atoms with Gasteiger partial charge in [0.15, 0.2) is 5.82 Å². The van der Waals surface area contributed by atoms with Crippen LogP contribution in [0.5, 0.6) is 0 Å². The highest BCUT2D eigenvalue weighted by molar-refractivity contribution is 9.10. The Balaban J connectivity index is 2.50. The fourth-order valence-corrected chi connectivity index (χ4v) is 2.72. The highest BCUT2D eigenvalue weighted by atomic mass is 79.9. The lowest BCUT2D eigenvalue weighted by Crippen LogP contribution is -2.08. The van der Waals surface area contributed by atoms with E-state index in [0.29, 0.717) is 0 Å². The van der Waals surface area contributed by atoms with Gasteiger partial charge in [-0.1, -0.05) is 44.5 Å². The van der Waals surface area contributed by atoms with Crippen LogP contribution in [0.25, 0.3) is 11.4 Å². The van der Waals surface area contributed by atoms with Crippen LogP contribution in [0.1, 0.15) is 37.9 Å². The van der Waals surface area contributed by atoms with Crippen LogP contribution in [0.15, 0.2) is 28.7 Å². The van der Waals surface area contributed by atoms with Gasteiger partial charge in [-0.15, -0.1) is 0 Å². The number of nitrogens with one attached hydrogen (secondary N) is 1. The number of nitrogens with zero attached hydrogens (tertiary/aromatic N) is 2. The molecule has 1 heterocycles. The molecule has 21 heavy (non-hydrogen) atoms. The first-order chi connectivity index (χ1) is 10.2. The Bertz CT molecular complexity index is 611. The quantitative estimate of drug-likeness (QED) is 0.799. The first kappa shape index (κ1) is 16.0. The Hall–Kier alpha value is -1.42. The van der Waals surface area contributed by atoms with Gasteiger partial charge in [-0.2, -0.15) is 0 Å². The molecule has 0 unspecified atom stereocenters. The van der Waals surface area contributed by atoms with Crippen molar-refractivity contribution in [3.8, 4) is 11.4 Å². The molecule has 0 amide bonds. The molecule has 0 aliphatic rings. The summed E-state index contributed by atoms with van der Waals surface area (Å²) in [5.74, 6) is 1.70. The molecule has 4 heteroatoms. The normalized spacial score (nSPS) is 10.7. The first-order valence-electron chi connectivity index (χ1n) is 7.53. The van der Waals surface area contributed by atoms with Crippen LogP contribution in [-0.4, -0.2) is 16.5 Å². The molecule has 0 radical (unpaired) electrons. The minimum absolute atomic E-state index is 0.804. The Morgan fingerprint density at radius 3 is 2.52 bits per heavy atom. The predicted octanol–water partition coefficient (Wildman–Crippen LogP) is 4.99. The number of anilines is 1. The summed E-state index contributed by atoms with van der Waals surface area (Å²) in [5, 5.41) is 3.39. The molecule has 1 aromatic carbocycles. The molecule has 2 aromatic rings.